The number of nitrogens with zero attached hydrogens (tertiary/aromatic N) is 1. The van der Waals surface area contributed by atoms with Crippen LogP contribution < -0.4 is 5.43 Å². The zero-order valence-electron chi connectivity index (χ0n) is 7.53. The summed E-state index contributed by atoms with van der Waals surface area (Å²) in [7, 11) is 0. The maximum Gasteiger partial charge on any atom is 0.261 e. The monoisotopic (exact) mass is 194 g/mol. The van der Waals surface area contributed by atoms with Gasteiger partial charge < -0.3 is 14.6 Å². The number of aromatic nitrogens is 1. The van der Waals surface area contributed by atoms with Crippen molar-refractivity contribution in [3.05, 3.63) is 34.2 Å². The summed E-state index contributed by atoms with van der Waals surface area (Å²) in [6.07, 6.45) is 2.92. The average Bonchev–Trinajstić information content (AvgIpc) is 2.70. The highest BCUT2D eigenvalue weighted by molar-refractivity contribution is 5.93. The van der Waals surface area contributed by atoms with Gasteiger partial charge in [-0.15, -0.1) is 0 Å². The third-order valence-electron chi connectivity index (χ3n) is 2.09. The van der Waals surface area contributed by atoms with Gasteiger partial charge in [0.15, 0.2) is 5.43 Å². The van der Waals surface area contributed by atoms with Gasteiger partial charge in [0.1, 0.15) is 12.3 Å². The van der Waals surface area contributed by atoms with Gasteiger partial charge in [-0.05, 0) is 0 Å². The van der Waals surface area contributed by atoms with Crippen LogP contribution in [0.1, 0.15) is 10.4 Å². The molecule has 1 amide bonds. The Labute approximate surface area is 80.3 Å². The zero-order chi connectivity index (χ0) is 9.97. The molecule has 0 spiro atoms. The first-order valence-electron chi connectivity index (χ1n) is 4.33. The summed E-state index contributed by atoms with van der Waals surface area (Å²) in [4.78, 5) is 27.2. The molecule has 0 unspecified atom stereocenters. The Balaban J connectivity index is 2.26. The molecule has 5 nitrogen and oxygen atoms in total. The number of hydrogen-bond acceptors (Lipinski definition) is 3. The number of ether oxygens (including phenoxy) is 1. The Kier molecular flexibility index (Phi) is 2.32. The Morgan fingerprint density at radius 1 is 1.57 bits per heavy atom. The second-order valence-electron chi connectivity index (χ2n) is 3.03. The molecule has 0 radical (unpaired) electrons. The maximum atomic E-state index is 11.7. The van der Waals surface area contributed by atoms with E-state index in [-0.39, 0.29) is 23.6 Å². The van der Waals surface area contributed by atoms with Crippen molar-refractivity contribution in [2.24, 2.45) is 0 Å². The van der Waals surface area contributed by atoms with E-state index in [9.17, 15) is 9.59 Å². The lowest BCUT2D eigenvalue weighted by Crippen LogP contribution is -2.31. The van der Waals surface area contributed by atoms with E-state index in [2.05, 4.69) is 4.98 Å². The van der Waals surface area contributed by atoms with E-state index in [0.29, 0.717) is 13.2 Å². The molecule has 1 aliphatic heterocycles. The van der Waals surface area contributed by atoms with Crippen molar-refractivity contribution in [3.8, 4) is 0 Å². The van der Waals surface area contributed by atoms with E-state index in [0.717, 1.165) is 0 Å². The van der Waals surface area contributed by atoms with E-state index in [4.69, 9.17) is 4.74 Å². The third kappa shape index (κ3) is 1.54. The fraction of sp³-hybridized carbons (Fsp3) is 0.333. The Hall–Kier alpha value is -1.62. The summed E-state index contributed by atoms with van der Waals surface area (Å²) in [6, 6.07) is 1.34. The Morgan fingerprint density at radius 3 is 3.07 bits per heavy atom. The van der Waals surface area contributed by atoms with Gasteiger partial charge in [0, 0.05) is 25.0 Å². The molecule has 74 valence electrons. The van der Waals surface area contributed by atoms with Crippen LogP contribution in [0, 0.1) is 0 Å². The summed E-state index contributed by atoms with van der Waals surface area (Å²) >= 11 is 0. The number of carbonyl (C=O) groups is 1. The molecule has 2 heterocycles. The van der Waals surface area contributed by atoms with Crippen molar-refractivity contribution in [1.82, 2.24) is 9.88 Å². The van der Waals surface area contributed by atoms with E-state index in [1.807, 2.05) is 0 Å². The molecule has 1 N–H and O–H groups in total. The van der Waals surface area contributed by atoms with Crippen molar-refractivity contribution in [1.29, 1.82) is 0 Å². The summed E-state index contributed by atoms with van der Waals surface area (Å²) in [5.41, 5.74) is -0.0985. The van der Waals surface area contributed by atoms with E-state index < -0.39 is 0 Å². The standard InChI is InChI=1S/C9H10N2O3/c12-8-1-2-10-5-7(8)9(13)11-3-4-14-6-11/h1-2,5H,3-4,6H2,(H,10,12). The minimum atomic E-state index is -0.274. The van der Waals surface area contributed by atoms with Gasteiger partial charge >= 0.3 is 0 Å². The second kappa shape index (κ2) is 3.63. The summed E-state index contributed by atoms with van der Waals surface area (Å²) in [5.74, 6) is -0.274. The third-order valence-corrected chi connectivity index (χ3v) is 2.09. The summed E-state index contributed by atoms with van der Waals surface area (Å²) < 4.78 is 5.03. The SMILES string of the molecule is O=C(c1c[nH]ccc1=O)N1CCOC1. The van der Waals surface area contributed by atoms with Gasteiger partial charge in [-0.3, -0.25) is 9.59 Å². The van der Waals surface area contributed by atoms with Crippen LogP contribution in [0.25, 0.3) is 0 Å². The van der Waals surface area contributed by atoms with Crippen molar-refractivity contribution in [2.75, 3.05) is 19.9 Å². The second-order valence-corrected chi connectivity index (χ2v) is 3.03. The number of pyridine rings is 1. The maximum absolute atomic E-state index is 11.7. The molecule has 0 saturated carbocycles. The van der Waals surface area contributed by atoms with Gasteiger partial charge in [0.25, 0.3) is 5.91 Å². The van der Waals surface area contributed by atoms with Crippen molar-refractivity contribution in [3.63, 3.8) is 0 Å². The largest absolute Gasteiger partial charge is 0.367 e. The molecule has 1 aliphatic rings. The number of amides is 1. The molecule has 1 fully saturated rings. The molecule has 0 aromatic carbocycles. The number of H-pyrrole nitrogens is 1. The first-order valence-corrected chi connectivity index (χ1v) is 4.33. The van der Waals surface area contributed by atoms with Crippen molar-refractivity contribution in [2.45, 2.75) is 0 Å². The molecular formula is C9H10N2O3. The lowest BCUT2D eigenvalue weighted by atomic mass is 10.2. The predicted molar refractivity (Wildman–Crippen MR) is 48.9 cm³/mol. The Bertz CT molecular complexity index is 393. The fourth-order valence-electron chi connectivity index (χ4n) is 1.33. The highest BCUT2D eigenvalue weighted by Crippen LogP contribution is 2.03. The van der Waals surface area contributed by atoms with Gasteiger partial charge in [0.2, 0.25) is 0 Å². The van der Waals surface area contributed by atoms with Crippen LogP contribution in [-0.2, 0) is 4.74 Å². The molecule has 14 heavy (non-hydrogen) atoms. The number of hydrogen-bond donors (Lipinski definition) is 1. The van der Waals surface area contributed by atoms with E-state index in [1.54, 1.807) is 0 Å². The van der Waals surface area contributed by atoms with Crippen molar-refractivity contribution < 1.29 is 9.53 Å². The lowest BCUT2D eigenvalue weighted by Gasteiger charge is -2.12. The highest BCUT2D eigenvalue weighted by atomic mass is 16.5. The lowest BCUT2D eigenvalue weighted by molar-refractivity contribution is 0.0693. The van der Waals surface area contributed by atoms with Crippen LogP contribution in [0.5, 0.6) is 0 Å². The number of nitrogens with one attached hydrogen (secondary N) is 1. The van der Waals surface area contributed by atoms with Gasteiger partial charge in [-0.2, -0.15) is 0 Å². The van der Waals surface area contributed by atoms with Crippen LogP contribution in [0.15, 0.2) is 23.3 Å². The molecule has 1 saturated heterocycles. The van der Waals surface area contributed by atoms with Gasteiger partial charge in [-0.25, -0.2) is 0 Å². The van der Waals surface area contributed by atoms with Gasteiger partial charge in [0.05, 0.1) is 6.61 Å². The molecule has 0 aliphatic carbocycles. The normalized spacial score (nSPS) is 15.9. The van der Waals surface area contributed by atoms with Crippen LogP contribution in [0.2, 0.25) is 0 Å². The Morgan fingerprint density at radius 2 is 2.43 bits per heavy atom. The zero-order valence-corrected chi connectivity index (χ0v) is 7.53. The minimum absolute atomic E-state index is 0.165. The first-order chi connectivity index (χ1) is 6.79. The quantitative estimate of drug-likeness (QED) is 0.673. The van der Waals surface area contributed by atoms with Crippen LogP contribution in [-0.4, -0.2) is 35.7 Å². The molecule has 1 aromatic heterocycles. The van der Waals surface area contributed by atoms with E-state index in [1.165, 1.54) is 23.4 Å². The molecule has 5 heteroatoms. The molecule has 0 atom stereocenters. The predicted octanol–water partition coefficient (Wildman–Crippen LogP) is -0.195. The van der Waals surface area contributed by atoms with Crippen LogP contribution in [0.4, 0.5) is 0 Å². The number of carbonyl (C=O) groups excluding carboxylic acids is 1. The summed E-state index contributed by atoms with van der Waals surface area (Å²) in [5, 5.41) is 0. The van der Waals surface area contributed by atoms with Crippen molar-refractivity contribution >= 4 is 5.91 Å². The molecular weight excluding hydrogens is 184 g/mol. The number of aromatic amines is 1. The minimum Gasteiger partial charge on any atom is -0.367 e. The smallest absolute Gasteiger partial charge is 0.261 e. The van der Waals surface area contributed by atoms with Crippen LogP contribution in [0.3, 0.4) is 0 Å². The summed E-state index contributed by atoms with van der Waals surface area (Å²) in [6.45, 7) is 1.36. The molecule has 2 rings (SSSR count). The molecule has 0 bridgehead atoms. The van der Waals surface area contributed by atoms with E-state index >= 15 is 0 Å². The first kappa shape index (κ1) is 8.96. The fourth-order valence-corrected chi connectivity index (χ4v) is 1.33. The highest BCUT2D eigenvalue weighted by Gasteiger charge is 2.21. The topological polar surface area (TPSA) is 62.4 Å². The van der Waals surface area contributed by atoms with Crippen LogP contribution >= 0.6 is 0 Å². The average molecular weight is 194 g/mol. The number of rotatable bonds is 1. The van der Waals surface area contributed by atoms with Gasteiger partial charge in [-0.1, -0.05) is 0 Å². The molecule has 1 aromatic rings.